The Hall–Kier alpha value is -2.92. The van der Waals surface area contributed by atoms with E-state index in [-0.39, 0.29) is 11.4 Å². The number of rotatable bonds is 5. The third-order valence-corrected chi connectivity index (χ3v) is 6.92. The SMILES string of the molecule is CCc1ccc(N[C@@H]2NC(=O)/C(=C/c3cc(C)n(-c4ccc(C)c(C)c4)c3C)S2)cc1. The van der Waals surface area contributed by atoms with Gasteiger partial charge in [-0.3, -0.25) is 4.79 Å². The molecule has 3 aromatic rings. The molecule has 1 amide bonds. The Bertz CT molecular complexity index is 1160. The maximum Gasteiger partial charge on any atom is 0.260 e. The minimum atomic E-state index is -0.172. The van der Waals surface area contributed by atoms with Crippen LogP contribution in [0.5, 0.6) is 0 Å². The van der Waals surface area contributed by atoms with Crippen LogP contribution < -0.4 is 10.6 Å². The van der Waals surface area contributed by atoms with Gasteiger partial charge in [-0.05, 0) is 92.8 Å². The highest BCUT2D eigenvalue weighted by atomic mass is 32.2. The van der Waals surface area contributed by atoms with Gasteiger partial charge in [0.1, 0.15) is 0 Å². The molecule has 5 heteroatoms. The number of benzene rings is 2. The first-order valence-corrected chi connectivity index (χ1v) is 11.5. The van der Waals surface area contributed by atoms with Crippen LogP contribution in [0.1, 0.15) is 40.6 Å². The van der Waals surface area contributed by atoms with Crippen molar-refractivity contribution in [3.63, 3.8) is 0 Å². The molecule has 2 N–H and O–H groups in total. The van der Waals surface area contributed by atoms with Crippen molar-refractivity contribution in [3.05, 3.63) is 87.1 Å². The van der Waals surface area contributed by atoms with Crippen LogP contribution in [0.4, 0.5) is 5.69 Å². The number of aromatic nitrogens is 1. The molecule has 2 aromatic carbocycles. The van der Waals surface area contributed by atoms with Crippen LogP contribution in [0.2, 0.25) is 0 Å². The average molecular weight is 432 g/mol. The molecule has 1 atom stereocenters. The number of anilines is 1. The number of carbonyl (C=O) groups is 1. The molecule has 4 rings (SSSR count). The highest BCUT2D eigenvalue weighted by Gasteiger charge is 2.27. The number of carbonyl (C=O) groups excluding carboxylic acids is 1. The van der Waals surface area contributed by atoms with E-state index in [9.17, 15) is 4.79 Å². The molecule has 31 heavy (non-hydrogen) atoms. The first kappa shape index (κ1) is 21.3. The van der Waals surface area contributed by atoms with E-state index in [1.54, 1.807) is 0 Å². The fourth-order valence-corrected chi connectivity index (χ4v) is 4.87. The molecule has 0 spiro atoms. The Morgan fingerprint density at radius 1 is 1.03 bits per heavy atom. The van der Waals surface area contributed by atoms with Crippen LogP contribution >= 0.6 is 11.8 Å². The van der Waals surface area contributed by atoms with Crippen LogP contribution in [0, 0.1) is 27.7 Å². The summed E-state index contributed by atoms with van der Waals surface area (Å²) < 4.78 is 2.25. The molecule has 1 saturated heterocycles. The topological polar surface area (TPSA) is 46.1 Å². The predicted octanol–water partition coefficient (Wildman–Crippen LogP) is 5.87. The molecule has 0 aliphatic carbocycles. The lowest BCUT2D eigenvalue weighted by molar-refractivity contribution is -0.116. The fraction of sp³-hybridized carbons (Fsp3) is 0.269. The Kier molecular flexibility index (Phi) is 5.96. The highest BCUT2D eigenvalue weighted by Crippen LogP contribution is 2.32. The molecule has 4 nitrogen and oxygen atoms in total. The van der Waals surface area contributed by atoms with Crippen molar-refractivity contribution in [1.82, 2.24) is 9.88 Å². The van der Waals surface area contributed by atoms with Gasteiger partial charge in [0, 0.05) is 22.8 Å². The van der Waals surface area contributed by atoms with Crippen molar-refractivity contribution in [2.45, 2.75) is 46.5 Å². The van der Waals surface area contributed by atoms with Crippen LogP contribution in [-0.4, -0.2) is 16.0 Å². The maximum absolute atomic E-state index is 12.6. The second kappa shape index (κ2) is 8.67. The van der Waals surface area contributed by atoms with Crippen molar-refractivity contribution in [1.29, 1.82) is 0 Å². The highest BCUT2D eigenvalue weighted by molar-refractivity contribution is 8.05. The summed E-state index contributed by atoms with van der Waals surface area (Å²) in [5.74, 6) is -0.0383. The van der Waals surface area contributed by atoms with Gasteiger partial charge >= 0.3 is 0 Å². The van der Waals surface area contributed by atoms with Crippen molar-refractivity contribution in [2.24, 2.45) is 0 Å². The number of hydrogen-bond acceptors (Lipinski definition) is 3. The molecule has 0 radical (unpaired) electrons. The van der Waals surface area contributed by atoms with Crippen molar-refractivity contribution >= 4 is 29.4 Å². The molecule has 1 aromatic heterocycles. The number of nitrogens with one attached hydrogen (secondary N) is 2. The van der Waals surface area contributed by atoms with E-state index in [0.717, 1.165) is 39.7 Å². The van der Waals surface area contributed by atoms with E-state index in [1.165, 1.54) is 28.5 Å². The zero-order valence-electron chi connectivity index (χ0n) is 18.7. The van der Waals surface area contributed by atoms with E-state index in [0.29, 0.717) is 0 Å². The second-order valence-corrected chi connectivity index (χ2v) is 9.25. The minimum absolute atomic E-state index is 0.0383. The molecule has 160 valence electrons. The van der Waals surface area contributed by atoms with Crippen LogP contribution in [-0.2, 0) is 11.2 Å². The van der Waals surface area contributed by atoms with Gasteiger partial charge in [-0.25, -0.2) is 0 Å². The molecule has 1 aliphatic heterocycles. The lowest BCUT2D eigenvalue weighted by Crippen LogP contribution is -2.30. The Labute approximate surface area is 188 Å². The molecule has 1 fully saturated rings. The van der Waals surface area contributed by atoms with E-state index < -0.39 is 0 Å². The van der Waals surface area contributed by atoms with E-state index in [4.69, 9.17) is 0 Å². The molecule has 1 aliphatic rings. The van der Waals surface area contributed by atoms with Gasteiger partial charge < -0.3 is 15.2 Å². The fourth-order valence-electron chi connectivity index (χ4n) is 3.89. The number of aryl methyl sites for hydroxylation is 4. The standard InChI is InChI=1S/C26H29N3OS/c1-6-20-8-10-22(11-9-20)27-26-28-25(30)24(31-26)15-21-14-18(4)29(19(21)5)23-12-7-16(2)17(3)13-23/h7-15,26-27H,6H2,1-5H3,(H,28,30)/b24-15-/t26-/m1/s1. The lowest BCUT2D eigenvalue weighted by atomic mass is 10.1. The normalized spacial score (nSPS) is 17.3. The summed E-state index contributed by atoms with van der Waals surface area (Å²) in [4.78, 5) is 13.3. The first-order chi connectivity index (χ1) is 14.9. The third kappa shape index (κ3) is 4.42. The molecule has 2 heterocycles. The average Bonchev–Trinajstić information content (AvgIpc) is 3.23. The van der Waals surface area contributed by atoms with Crippen LogP contribution in [0.15, 0.2) is 53.4 Å². The Morgan fingerprint density at radius 3 is 2.45 bits per heavy atom. The number of hydrogen-bond donors (Lipinski definition) is 2. The summed E-state index contributed by atoms with van der Waals surface area (Å²) in [6, 6.07) is 17.0. The van der Waals surface area contributed by atoms with E-state index in [1.807, 2.05) is 6.08 Å². The summed E-state index contributed by atoms with van der Waals surface area (Å²) in [5, 5.41) is 6.42. The maximum atomic E-state index is 12.6. The summed E-state index contributed by atoms with van der Waals surface area (Å²) in [7, 11) is 0. The number of nitrogens with zero attached hydrogens (tertiary/aromatic N) is 1. The number of amides is 1. The Balaban J connectivity index is 1.55. The molecule has 0 unspecified atom stereocenters. The summed E-state index contributed by atoms with van der Waals surface area (Å²) in [5.41, 5.74) is 9.21. The summed E-state index contributed by atoms with van der Waals surface area (Å²) >= 11 is 1.52. The minimum Gasteiger partial charge on any atom is -0.357 e. The molecular formula is C26H29N3OS. The van der Waals surface area contributed by atoms with Crippen LogP contribution in [0.3, 0.4) is 0 Å². The van der Waals surface area contributed by atoms with E-state index in [2.05, 4.69) is 98.4 Å². The van der Waals surface area contributed by atoms with Crippen molar-refractivity contribution < 1.29 is 4.79 Å². The molecule has 0 saturated carbocycles. The smallest absolute Gasteiger partial charge is 0.260 e. The zero-order valence-corrected chi connectivity index (χ0v) is 19.6. The summed E-state index contributed by atoms with van der Waals surface area (Å²) in [6.07, 6.45) is 3.02. The van der Waals surface area contributed by atoms with Gasteiger partial charge in [0.25, 0.3) is 5.91 Å². The van der Waals surface area contributed by atoms with Gasteiger partial charge in [0.2, 0.25) is 0 Å². The number of thioether (sulfide) groups is 1. The van der Waals surface area contributed by atoms with Gasteiger partial charge in [0.15, 0.2) is 5.50 Å². The Morgan fingerprint density at radius 2 is 1.77 bits per heavy atom. The van der Waals surface area contributed by atoms with Gasteiger partial charge in [0.05, 0.1) is 4.91 Å². The zero-order chi connectivity index (χ0) is 22.1. The summed E-state index contributed by atoms with van der Waals surface area (Å²) in [6.45, 7) is 10.6. The third-order valence-electron chi connectivity index (χ3n) is 5.90. The van der Waals surface area contributed by atoms with Crippen molar-refractivity contribution in [2.75, 3.05) is 5.32 Å². The predicted molar refractivity (Wildman–Crippen MR) is 132 cm³/mol. The van der Waals surface area contributed by atoms with Gasteiger partial charge in [-0.1, -0.05) is 36.9 Å². The second-order valence-electron chi connectivity index (χ2n) is 8.11. The molecule has 0 bridgehead atoms. The monoisotopic (exact) mass is 431 g/mol. The van der Waals surface area contributed by atoms with Crippen LogP contribution in [0.25, 0.3) is 11.8 Å². The molecular weight excluding hydrogens is 402 g/mol. The van der Waals surface area contributed by atoms with Gasteiger partial charge in [-0.15, -0.1) is 0 Å². The van der Waals surface area contributed by atoms with Gasteiger partial charge in [-0.2, -0.15) is 0 Å². The quantitative estimate of drug-likeness (QED) is 0.497. The van der Waals surface area contributed by atoms with E-state index >= 15 is 0 Å². The van der Waals surface area contributed by atoms with Crippen molar-refractivity contribution in [3.8, 4) is 5.69 Å². The largest absolute Gasteiger partial charge is 0.357 e. The lowest BCUT2D eigenvalue weighted by Gasteiger charge is -2.13. The first-order valence-electron chi connectivity index (χ1n) is 10.7.